The standard InChI is InChI=1S/C22H30N8O6/c1-21(2,32-6)33-9-12-14-15(36-22(3,4)35-14)19(34-12)29-10-25-13-16(23)27-20(28-17(13)29)30-8-11(7-26-30)18(31)24-5/h7-8,10,12,14-15,19H,9H2,1-6H3,(H,24,31)(H2,23,27,28)/t12-,14?,15+,19-/m1/s1. The Labute approximate surface area is 207 Å². The van der Waals surface area contributed by atoms with Gasteiger partial charge in [-0.1, -0.05) is 0 Å². The highest BCUT2D eigenvalue weighted by Crippen LogP contribution is 2.44. The number of rotatable bonds is 7. The Morgan fingerprint density at radius 3 is 2.75 bits per heavy atom. The maximum absolute atomic E-state index is 11.9. The molecule has 0 aromatic carbocycles. The fourth-order valence-electron chi connectivity index (χ4n) is 4.27. The molecule has 5 heterocycles. The minimum Gasteiger partial charge on any atom is -0.382 e. The van der Waals surface area contributed by atoms with Crippen molar-refractivity contribution in [2.75, 3.05) is 26.5 Å². The van der Waals surface area contributed by atoms with Gasteiger partial charge in [0.15, 0.2) is 29.3 Å². The lowest BCUT2D eigenvalue weighted by molar-refractivity contribution is -0.235. The van der Waals surface area contributed by atoms with Gasteiger partial charge in [0, 0.05) is 20.4 Å². The summed E-state index contributed by atoms with van der Waals surface area (Å²) in [5.74, 6) is -1.55. The number of ether oxygens (including phenoxy) is 5. The van der Waals surface area contributed by atoms with Crippen LogP contribution in [-0.2, 0) is 23.7 Å². The number of nitrogen functional groups attached to an aromatic ring is 1. The summed E-state index contributed by atoms with van der Waals surface area (Å²) in [6.45, 7) is 7.57. The number of methoxy groups -OCH3 is 1. The van der Waals surface area contributed by atoms with Crippen LogP contribution in [-0.4, -0.2) is 85.9 Å². The molecule has 1 amide bonds. The molecule has 36 heavy (non-hydrogen) atoms. The molecule has 0 aliphatic carbocycles. The van der Waals surface area contributed by atoms with Crippen LogP contribution in [0.1, 0.15) is 44.3 Å². The van der Waals surface area contributed by atoms with Gasteiger partial charge < -0.3 is 34.7 Å². The Balaban J connectivity index is 1.50. The number of fused-ring (bicyclic) bond motifs is 2. The first-order valence-corrected chi connectivity index (χ1v) is 11.5. The first-order valence-electron chi connectivity index (χ1n) is 11.5. The lowest BCUT2D eigenvalue weighted by Gasteiger charge is -2.28. The number of nitrogens with two attached hydrogens (primary N) is 1. The van der Waals surface area contributed by atoms with Crippen LogP contribution >= 0.6 is 0 Å². The summed E-state index contributed by atoms with van der Waals surface area (Å²) in [7, 11) is 3.12. The average molecular weight is 503 g/mol. The van der Waals surface area contributed by atoms with Gasteiger partial charge in [-0.3, -0.25) is 9.36 Å². The molecule has 194 valence electrons. The molecule has 0 radical (unpaired) electrons. The van der Waals surface area contributed by atoms with Crippen molar-refractivity contribution in [1.82, 2.24) is 34.6 Å². The van der Waals surface area contributed by atoms with Crippen molar-refractivity contribution in [3.8, 4) is 5.95 Å². The highest BCUT2D eigenvalue weighted by Gasteiger charge is 2.56. The lowest BCUT2D eigenvalue weighted by atomic mass is 10.1. The van der Waals surface area contributed by atoms with Crippen LogP contribution in [0.25, 0.3) is 17.1 Å². The van der Waals surface area contributed by atoms with E-state index in [1.807, 2.05) is 27.7 Å². The molecular weight excluding hydrogens is 472 g/mol. The van der Waals surface area contributed by atoms with Crippen molar-refractivity contribution in [2.24, 2.45) is 0 Å². The zero-order chi connectivity index (χ0) is 25.8. The molecular formula is C22H30N8O6. The van der Waals surface area contributed by atoms with Crippen molar-refractivity contribution in [3.05, 3.63) is 24.3 Å². The Bertz CT molecular complexity index is 1290. The van der Waals surface area contributed by atoms with Crippen molar-refractivity contribution >= 4 is 22.9 Å². The lowest BCUT2D eigenvalue weighted by Crippen LogP contribution is -2.37. The average Bonchev–Trinajstić information content (AvgIpc) is 3.60. The third-order valence-corrected chi connectivity index (χ3v) is 6.20. The molecule has 2 aliphatic rings. The summed E-state index contributed by atoms with van der Waals surface area (Å²) in [5.41, 5.74) is 7.39. The van der Waals surface area contributed by atoms with Crippen LogP contribution in [0.4, 0.5) is 5.82 Å². The van der Waals surface area contributed by atoms with Gasteiger partial charge in [0.05, 0.1) is 24.7 Å². The maximum Gasteiger partial charge on any atom is 0.254 e. The summed E-state index contributed by atoms with van der Waals surface area (Å²) in [6.07, 6.45) is 2.61. The summed E-state index contributed by atoms with van der Waals surface area (Å²) >= 11 is 0. The van der Waals surface area contributed by atoms with E-state index in [2.05, 4.69) is 25.4 Å². The number of carbonyl (C=O) groups excluding carboxylic acids is 1. The number of anilines is 1. The van der Waals surface area contributed by atoms with Crippen LogP contribution in [0.5, 0.6) is 0 Å². The van der Waals surface area contributed by atoms with Gasteiger partial charge in [-0.25, -0.2) is 9.67 Å². The van der Waals surface area contributed by atoms with Gasteiger partial charge >= 0.3 is 0 Å². The molecule has 5 rings (SSSR count). The number of hydrogen-bond donors (Lipinski definition) is 2. The van der Waals surface area contributed by atoms with Gasteiger partial charge in [0.1, 0.15) is 23.8 Å². The van der Waals surface area contributed by atoms with E-state index < -0.39 is 36.1 Å². The highest BCUT2D eigenvalue weighted by molar-refractivity contribution is 5.93. The third kappa shape index (κ3) is 4.30. The van der Waals surface area contributed by atoms with Gasteiger partial charge in [0.2, 0.25) is 0 Å². The molecule has 0 saturated carbocycles. The molecule has 1 unspecified atom stereocenters. The van der Waals surface area contributed by atoms with Gasteiger partial charge in [-0.15, -0.1) is 0 Å². The second kappa shape index (κ2) is 8.74. The molecule has 14 nitrogen and oxygen atoms in total. The number of nitrogens with one attached hydrogen (secondary N) is 1. The van der Waals surface area contributed by atoms with E-state index >= 15 is 0 Å². The molecule has 4 atom stereocenters. The molecule has 2 aliphatic heterocycles. The second-order valence-corrected chi connectivity index (χ2v) is 9.53. The number of hydrogen-bond acceptors (Lipinski definition) is 11. The van der Waals surface area contributed by atoms with E-state index in [1.54, 1.807) is 18.0 Å². The number of carbonyl (C=O) groups is 1. The zero-order valence-corrected chi connectivity index (χ0v) is 21.0. The number of amides is 1. The Morgan fingerprint density at radius 2 is 2.03 bits per heavy atom. The van der Waals surface area contributed by atoms with Crippen molar-refractivity contribution in [1.29, 1.82) is 0 Å². The smallest absolute Gasteiger partial charge is 0.254 e. The Hall–Kier alpha value is -3.17. The molecule has 3 aromatic heterocycles. The molecule has 2 fully saturated rings. The maximum atomic E-state index is 11.9. The largest absolute Gasteiger partial charge is 0.382 e. The predicted molar refractivity (Wildman–Crippen MR) is 125 cm³/mol. The highest BCUT2D eigenvalue weighted by atomic mass is 16.8. The molecule has 3 aromatic rings. The normalized spacial score (nSPS) is 25.4. The summed E-state index contributed by atoms with van der Waals surface area (Å²) in [6, 6.07) is 0. The SMILES string of the molecule is CNC(=O)c1cnn(-c2nc(N)c3ncn([C@@H]4O[C@H](COC(C)(C)OC)C5OC(C)(C)O[C@@H]54)c3n2)c1. The monoisotopic (exact) mass is 502 g/mol. The van der Waals surface area contributed by atoms with Crippen LogP contribution in [0.15, 0.2) is 18.7 Å². The van der Waals surface area contributed by atoms with Crippen LogP contribution in [0.3, 0.4) is 0 Å². The molecule has 3 N–H and O–H groups in total. The minimum atomic E-state index is -0.812. The second-order valence-electron chi connectivity index (χ2n) is 9.53. The molecule has 2 saturated heterocycles. The van der Waals surface area contributed by atoms with Crippen LogP contribution in [0.2, 0.25) is 0 Å². The van der Waals surface area contributed by atoms with Crippen molar-refractivity contribution < 1.29 is 28.5 Å². The van der Waals surface area contributed by atoms with Crippen molar-refractivity contribution in [3.63, 3.8) is 0 Å². The molecule has 0 spiro atoms. The first kappa shape index (κ1) is 24.5. The van der Waals surface area contributed by atoms with E-state index in [1.165, 1.54) is 24.1 Å². The Morgan fingerprint density at radius 1 is 1.28 bits per heavy atom. The summed E-state index contributed by atoms with van der Waals surface area (Å²) in [4.78, 5) is 25.3. The van der Waals surface area contributed by atoms with E-state index in [0.29, 0.717) is 16.7 Å². The van der Waals surface area contributed by atoms with Crippen LogP contribution < -0.4 is 11.1 Å². The number of imidazole rings is 1. The van der Waals surface area contributed by atoms with Gasteiger partial charge in [0.25, 0.3) is 11.9 Å². The number of nitrogens with zero attached hydrogens (tertiary/aromatic N) is 6. The third-order valence-electron chi connectivity index (χ3n) is 6.20. The molecule has 14 heteroatoms. The van der Waals surface area contributed by atoms with E-state index in [-0.39, 0.29) is 24.3 Å². The van der Waals surface area contributed by atoms with E-state index in [4.69, 9.17) is 29.4 Å². The fourth-order valence-corrected chi connectivity index (χ4v) is 4.27. The zero-order valence-electron chi connectivity index (χ0n) is 21.0. The van der Waals surface area contributed by atoms with Crippen LogP contribution in [0, 0.1) is 0 Å². The topological polar surface area (TPSA) is 163 Å². The minimum absolute atomic E-state index is 0.158. The van der Waals surface area contributed by atoms with Gasteiger partial charge in [-0.05, 0) is 27.7 Å². The fraction of sp³-hybridized carbons (Fsp3) is 0.591. The summed E-state index contributed by atoms with van der Waals surface area (Å²) in [5, 5.41) is 6.75. The summed E-state index contributed by atoms with van der Waals surface area (Å²) < 4.78 is 33.1. The van der Waals surface area contributed by atoms with Gasteiger partial charge in [-0.2, -0.15) is 15.1 Å². The van der Waals surface area contributed by atoms with Crippen molar-refractivity contribution in [2.45, 2.75) is 63.8 Å². The van der Waals surface area contributed by atoms with E-state index in [0.717, 1.165) is 0 Å². The quantitative estimate of drug-likeness (QED) is 0.439. The predicted octanol–water partition coefficient (Wildman–Crippen LogP) is 0.770. The number of aromatic nitrogens is 6. The molecule has 0 bridgehead atoms. The Kier molecular flexibility index (Phi) is 5.95. The first-order chi connectivity index (χ1) is 17.0. The van der Waals surface area contributed by atoms with E-state index in [9.17, 15) is 4.79 Å².